The van der Waals surface area contributed by atoms with Gasteiger partial charge in [-0.2, -0.15) is 5.26 Å². The van der Waals surface area contributed by atoms with Crippen LogP contribution in [-0.2, 0) is 29.2 Å². The lowest BCUT2D eigenvalue weighted by molar-refractivity contribution is -0.136. The van der Waals surface area contributed by atoms with E-state index >= 15 is 0 Å². The molecule has 0 aliphatic carbocycles. The van der Waals surface area contributed by atoms with Crippen LogP contribution < -0.4 is 9.47 Å². The third-order valence-electron chi connectivity index (χ3n) is 6.82. The molecule has 5 rings (SSSR count). The molecule has 0 N–H and O–H groups in total. The van der Waals surface area contributed by atoms with Gasteiger partial charge < -0.3 is 14.4 Å². The van der Waals surface area contributed by atoms with E-state index in [0.29, 0.717) is 46.8 Å². The van der Waals surface area contributed by atoms with E-state index in [9.17, 15) is 19.6 Å². The zero-order chi connectivity index (χ0) is 28.9. The number of rotatable bonds is 8. The van der Waals surface area contributed by atoms with Crippen LogP contribution in [0.25, 0.3) is 6.08 Å². The van der Waals surface area contributed by atoms with Crippen LogP contribution in [0.4, 0.5) is 4.79 Å². The molecular formula is C31H26BrN3O5S. The van der Waals surface area contributed by atoms with E-state index in [-0.39, 0.29) is 24.0 Å². The average Bonchev–Trinajstić information content (AvgIpc) is 3.25. The Balaban J connectivity index is 1.30. The normalized spacial score (nSPS) is 15.6. The van der Waals surface area contributed by atoms with Gasteiger partial charge in [0.1, 0.15) is 13.2 Å². The van der Waals surface area contributed by atoms with Crippen LogP contribution in [0.5, 0.6) is 11.5 Å². The molecule has 2 aliphatic rings. The van der Waals surface area contributed by atoms with Gasteiger partial charge in [0.2, 0.25) is 5.91 Å². The summed E-state index contributed by atoms with van der Waals surface area (Å²) < 4.78 is 12.4. The maximum absolute atomic E-state index is 13.2. The van der Waals surface area contributed by atoms with Gasteiger partial charge in [-0.05, 0) is 66.1 Å². The van der Waals surface area contributed by atoms with Gasteiger partial charge in [-0.3, -0.25) is 19.3 Å². The number of thioether (sulfide) groups is 1. The first-order chi connectivity index (χ1) is 19.9. The van der Waals surface area contributed by atoms with Gasteiger partial charge in [0.05, 0.1) is 23.1 Å². The quantitative estimate of drug-likeness (QED) is 0.285. The first-order valence-corrected chi connectivity index (χ1v) is 14.7. The van der Waals surface area contributed by atoms with Gasteiger partial charge in [-0.1, -0.05) is 58.4 Å². The molecule has 10 heteroatoms. The number of ether oxygens (including phenoxy) is 2. The summed E-state index contributed by atoms with van der Waals surface area (Å²) in [5, 5.41) is 8.88. The number of nitrogens with zero attached hydrogens (tertiary/aromatic N) is 3. The van der Waals surface area contributed by atoms with Crippen LogP contribution in [0.2, 0.25) is 0 Å². The minimum Gasteiger partial charge on any atom is -0.490 e. The zero-order valence-corrected chi connectivity index (χ0v) is 24.7. The molecule has 2 aliphatic heterocycles. The van der Waals surface area contributed by atoms with Crippen molar-refractivity contribution in [2.24, 2.45) is 0 Å². The fourth-order valence-corrected chi connectivity index (χ4v) is 5.94. The Labute approximate surface area is 250 Å². The third kappa shape index (κ3) is 6.32. The van der Waals surface area contributed by atoms with E-state index in [4.69, 9.17) is 9.47 Å². The molecule has 208 valence electrons. The lowest BCUT2D eigenvalue weighted by Crippen LogP contribution is -2.44. The summed E-state index contributed by atoms with van der Waals surface area (Å²) in [6, 6.07) is 20.8. The molecule has 0 saturated carbocycles. The zero-order valence-electron chi connectivity index (χ0n) is 22.3. The Morgan fingerprint density at radius 1 is 1.07 bits per heavy atom. The lowest BCUT2D eigenvalue weighted by atomic mass is 10.00. The van der Waals surface area contributed by atoms with E-state index < -0.39 is 11.1 Å². The Hall–Kier alpha value is -4.07. The summed E-state index contributed by atoms with van der Waals surface area (Å²) in [7, 11) is 0. The van der Waals surface area contributed by atoms with Gasteiger partial charge in [-0.15, -0.1) is 0 Å². The number of benzene rings is 3. The Morgan fingerprint density at radius 2 is 1.80 bits per heavy atom. The second kappa shape index (κ2) is 12.6. The van der Waals surface area contributed by atoms with Crippen molar-refractivity contribution in [1.82, 2.24) is 9.80 Å². The van der Waals surface area contributed by atoms with Crippen LogP contribution in [-0.4, -0.2) is 46.5 Å². The smallest absolute Gasteiger partial charge is 0.294 e. The molecule has 3 amide bonds. The largest absolute Gasteiger partial charge is 0.490 e. The number of nitriles is 1. The Kier molecular flexibility index (Phi) is 8.76. The van der Waals surface area contributed by atoms with Gasteiger partial charge >= 0.3 is 0 Å². The van der Waals surface area contributed by atoms with E-state index in [1.807, 2.05) is 37.3 Å². The highest BCUT2D eigenvalue weighted by Gasteiger charge is 2.37. The predicted molar refractivity (Wildman–Crippen MR) is 159 cm³/mol. The van der Waals surface area contributed by atoms with Crippen molar-refractivity contribution < 1.29 is 23.9 Å². The predicted octanol–water partition coefficient (Wildman–Crippen LogP) is 5.92. The van der Waals surface area contributed by atoms with Crippen LogP contribution in [0.3, 0.4) is 0 Å². The van der Waals surface area contributed by atoms with Crippen molar-refractivity contribution in [3.8, 4) is 17.6 Å². The van der Waals surface area contributed by atoms with Crippen molar-refractivity contribution >= 4 is 50.8 Å². The number of carbonyl (C=O) groups excluding carboxylic acids is 3. The Morgan fingerprint density at radius 3 is 2.59 bits per heavy atom. The fourth-order valence-electron chi connectivity index (χ4n) is 4.67. The highest BCUT2D eigenvalue weighted by Crippen LogP contribution is 2.38. The minimum atomic E-state index is -0.510. The van der Waals surface area contributed by atoms with Crippen LogP contribution in [0.15, 0.2) is 70.0 Å². The number of amides is 3. The number of hydrogen-bond acceptors (Lipinski definition) is 7. The number of fused-ring (bicyclic) bond motifs is 1. The van der Waals surface area contributed by atoms with E-state index in [1.165, 1.54) is 5.56 Å². The summed E-state index contributed by atoms with van der Waals surface area (Å²) in [5.74, 6) is 0.146. The summed E-state index contributed by atoms with van der Waals surface area (Å²) in [4.78, 5) is 41.9. The molecule has 3 aromatic carbocycles. The van der Waals surface area contributed by atoms with Crippen molar-refractivity contribution in [1.29, 1.82) is 5.26 Å². The van der Waals surface area contributed by atoms with Crippen LogP contribution >= 0.6 is 27.7 Å². The summed E-state index contributed by atoms with van der Waals surface area (Å²) in [6.45, 7) is 3.11. The molecule has 0 spiro atoms. The van der Waals surface area contributed by atoms with Gasteiger partial charge in [0.15, 0.2) is 11.5 Å². The second-order valence-electron chi connectivity index (χ2n) is 9.41. The standard InChI is InChI=1S/C31H26BrN3O5S/c1-2-39-26-13-24(25(32)15-27(26)40-19-23-10-6-4-8-21(23)16-33)14-28-30(37)35(31(38)41-28)18-29(36)34-12-11-20-7-3-5-9-22(20)17-34/h3-10,13-15H,2,11-12,17-19H2,1H3/b28-14-. The molecule has 0 unspecified atom stereocenters. The highest BCUT2D eigenvalue weighted by molar-refractivity contribution is 9.10. The van der Waals surface area contributed by atoms with Gasteiger partial charge in [-0.25, -0.2) is 0 Å². The van der Waals surface area contributed by atoms with Crippen molar-refractivity contribution in [2.75, 3.05) is 19.7 Å². The molecule has 41 heavy (non-hydrogen) atoms. The molecular weight excluding hydrogens is 606 g/mol. The number of hydrogen-bond donors (Lipinski definition) is 0. The molecule has 3 aromatic rings. The molecule has 0 radical (unpaired) electrons. The van der Waals surface area contributed by atoms with E-state index in [1.54, 1.807) is 35.2 Å². The topological polar surface area (TPSA) is 99.9 Å². The van der Waals surface area contributed by atoms with Crippen molar-refractivity contribution in [3.05, 3.63) is 97.9 Å². The minimum absolute atomic E-state index is 0.172. The summed E-state index contributed by atoms with van der Waals surface area (Å²) in [6.07, 6.45) is 2.35. The Bertz CT molecular complexity index is 1600. The second-order valence-corrected chi connectivity index (χ2v) is 11.3. The molecule has 1 fully saturated rings. The van der Waals surface area contributed by atoms with Crippen LogP contribution in [0, 0.1) is 11.3 Å². The van der Waals surface area contributed by atoms with Crippen LogP contribution in [0.1, 0.15) is 34.7 Å². The monoisotopic (exact) mass is 631 g/mol. The molecule has 0 atom stereocenters. The molecule has 1 saturated heterocycles. The van der Waals surface area contributed by atoms with Gasteiger partial charge in [0, 0.05) is 23.1 Å². The maximum Gasteiger partial charge on any atom is 0.294 e. The first-order valence-electron chi connectivity index (χ1n) is 13.0. The van der Waals surface area contributed by atoms with Crippen molar-refractivity contribution in [3.63, 3.8) is 0 Å². The first kappa shape index (κ1) is 28.5. The molecule has 8 nitrogen and oxygen atoms in total. The van der Waals surface area contributed by atoms with Crippen molar-refractivity contribution in [2.45, 2.75) is 26.5 Å². The summed E-state index contributed by atoms with van der Waals surface area (Å²) >= 11 is 4.34. The third-order valence-corrected chi connectivity index (χ3v) is 8.41. The highest BCUT2D eigenvalue weighted by atomic mass is 79.9. The van der Waals surface area contributed by atoms with E-state index in [2.05, 4.69) is 28.1 Å². The number of carbonyl (C=O) groups is 3. The fraction of sp³-hybridized carbons (Fsp3) is 0.226. The SMILES string of the molecule is CCOc1cc(/C=C2\SC(=O)N(CC(=O)N3CCc4ccccc4C3)C2=O)c(Br)cc1OCc1ccccc1C#N. The van der Waals surface area contributed by atoms with E-state index in [0.717, 1.165) is 34.2 Å². The number of imide groups is 1. The lowest BCUT2D eigenvalue weighted by Gasteiger charge is -2.29. The van der Waals surface area contributed by atoms with Gasteiger partial charge in [0.25, 0.3) is 11.1 Å². The number of halogens is 1. The maximum atomic E-state index is 13.2. The molecule has 0 aromatic heterocycles. The molecule has 0 bridgehead atoms. The molecule has 2 heterocycles. The summed E-state index contributed by atoms with van der Waals surface area (Å²) in [5.41, 5.74) is 4.18. The average molecular weight is 633 g/mol.